The molecule has 0 radical (unpaired) electrons. The summed E-state index contributed by atoms with van der Waals surface area (Å²) in [5, 5.41) is 14.6. The molecule has 1 heterocycles. The minimum atomic E-state index is -0.499. The van der Waals surface area contributed by atoms with Gasteiger partial charge in [-0.05, 0) is 12.1 Å². The maximum atomic E-state index is 10.9. The molecule has 0 saturated heterocycles. The molecule has 0 spiro atoms. The quantitative estimate of drug-likeness (QED) is 0.602. The maximum absolute atomic E-state index is 10.9. The molecule has 0 unspecified atom stereocenters. The van der Waals surface area contributed by atoms with E-state index in [4.69, 9.17) is 9.26 Å². The topological polar surface area (TPSA) is 78.4 Å². The van der Waals surface area contributed by atoms with Crippen molar-refractivity contribution in [3.8, 4) is 17.0 Å². The summed E-state index contributed by atoms with van der Waals surface area (Å²) in [4.78, 5) is 10.4. The number of rotatable bonds is 3. The summed E-state index contributed by atoms with van der Waals surface area (Å²) in [6.07, 6.45) is 0. The van der Waals surface area contributed by atoms with E-state index in [0.717, 1.165) is 0 Å². The summed E-state index contributed by atoms with van der Waals surface area (Å²) in [6.45, 7) is 1.51. The highest BCUT2D eigenvalue weighted by atomic mass is 16.6. The lowest BCUT2D eigenvalue weighted by molar-refractivity contribution is -0.385. The average Bonchev–Trinajstić information content (AvgIpc) is 2.71. The summed E-state index contributed by atoms with van der Waals surface area (Å²) in [5.74, 6) is 0.797. The summed E-state index contributed by atoms with van der Waals surface area (Å²) in [7, 11) is 1.53. The van der Waals surface area contributed by atoms with E-state index >= 15 is 0 Å². The fourth-order valence-corrected chi connectivity index (χ4v) is 1.54. The molecular formula is C11H10N2O4. The Morgan fingerprint density at radius 1 is 1.47 bits per heavy atom. The lowest BCUT2D eigenvalue weighted by Crippen LogP contribution is -1.91. The van der Waals surface area contributed by atoms with Crippen LogP contribution in [0.3, 0.4) is 0 Å². The number of nitro groups is 1. The van der Waals surface area contributed by atoms with Crippen LogP contribution in [0.25, 0.3) is 11.3 Å². The van der Waals surface area contributed by atoms with E-state index in [1.165, 1.54) is 14.0 Å². The Kier molecular flexibility index (Phi) is 2.78. The fourth-order valence-electron chi connectivity index (χ4n) is 1.54. The summed E-state index contributed by atoms with van der Waals surface area (Å²) in [5.41, 5.74) is 0.692. The largest absolute Gasteiger partial charge is 0.497 e. The highest BCUT2D eigenvalue weighted by Crippen LogP contribution is 2.33. The van der Waals surface area contributed by atoms with Gasteiger partial charge in [-0.1, -0.05) is 17.3 Å². The van der Waals surface area contributed by atoms with Gasteiger partial charge in [0.15, 0.2) is 5.69 Å². The first-order chi connectivity index (χ1) is 8.13. The van der Waals surface area contributed by atoms with Gasteiger partial charge in [-0.25, -0.2) is 0 Å². The zero-order valence-corrected chi connectivity index (χ0v) is 9.34. The van der Waals surface area contributed by atoms with Crippen molar-refractivity contribution in [2.24, 2.45) is 0 Å². The second kappa shape index (κ2) is 4.25. The number of methoxy groups -OCH3 is 1. The Balaban J connectivity index is 2.56. The van der Waals surface area contributed by atoms with Crippen molar-refractivity contribution in [3.63, 3.8) is 0 Å². The van der Waals surface area contributed by atoms with Gasteiger partial charge in [0, 0.05) is 12.5 Å². The molecule has 2 aromatic rings. The van der Waals surface area contributed by atoms with Crippen LogP contribution in [0.4, 0.5) is 5.69 Å². The molecule has 1 aromatic carbocycles. The average molecular weight is 234 g/mol. The number of ether oxygens (including phenoxy) is 1. The first kappa shape index (κ1) is 11.1. The number of aryl methyl sites for hydroxylation is 1. The van der Waals surface area contributed by atoms with E-state index in [1.807, 2.05) is 0 Å². The molecule has 0 atom stereocenters. The second-order valence-corrected chi connectivity index (χ2v) is 3.43. The van der Waals surface area contributed by atoms with Crippen LogP contribution in [0.5, 0.6) is 5.75 Å². The zero-order chi connectivity index (χ0) is 12.4. The van der Waals surface area contributed by atoms with Crippen molar-refractivity contribution >= 4 is 5.69 Å². The number of benzene rings is 1. The van der Waals surface area contributed by atoms with Gasteiger partial charge in [0.25, 0.3) is 0 Å². The SMILES string of the molecule is COc1cccc(-c2noc(C)c2[N+](=O)[O-])c1. The maximum Gasteiger partial charge on any atom is 0.339 e. The van der Waals surface area contributed by atoms with Crippen LogP contribution in [0, 0.1) is 17.0 Å². The minimum Gasteiger partial charge on any atom is -0.497 e. The third-order valence-electron chi connectivity index (χ3n) is 2.36. The van der Waals surface area contributed by atoms with Crippen LogP contribution in [-0.4, -0.2) is 17.2 Å². The minimum absolute atomic E-state index is 0.113. The van der Waals surface area contributed by atoms with Gasteiger partial charge >= 0.3 is 5.69 Å². The van der Waals surface area contributed by atoms with E-state index in [0.29, 0.717) is 11.3 Å². The molecule has 1 aromatic heterocycles. The standard InChI is InChI=1S/C11H10N2O4/c1-7-11(13(14)15)10(12-17-7)8-4-3-5-9(6-8)16-2/h3-6H,1-2H3. The molecule has 6 heteroatoms. The molecule has 0 bridgehead atoms. The summed E-state index contributed by atoms with van der Waals surface area (Å²) in [6, 6.07) is 6.88. The highest BCUT2D eigenvalue weighted by molar-refractivity contribution is 5.71. The van der Waals surface area contributed by atoms with Crippen LogP contribution in [0.2, 0.25) is 0 Å². The van der Waals surface area contributed by atoms with Gasteiger partial charge in [0.1, 0.15) is 5.75 Å². The Labute approximate surface area is 97.0 Å². The van der Waals surface area contributed by atoms with Gasteiger partial charge in [-0.2, -0.15) is 0 Å². The molecule has 0 aliphatic heterocycles. The van der Waals surface area contributed by atoms with Gasteiger partial charge in [-0.15, -0.1) is 0 Å². The predicted molar refractivity (Wildman–Crippen MR) is 59.9 cm³/mol. The van der Waals surface area contributed by atoms with E-state index in [-0.39, 0.29) is 17.1 Å². The normalized spacial score (nSPS) is 10.2. The van der Waals surface area contributed by atoms with Crippen molar-refractivity contribution in [3.05, 3.63) is 40.1 Å². The van der Waals surface area contributed by atoms with Crippen LogP contribution < -0.4 is 4.74 Å². The van der Waals surface area contributed by atoms with Crippen molar-refractivity contribution in [2.45, 2.75) is 6.92 Å². The van der Waals surface area contributed by atoms with Gasteiger partial charge in [0.05, 0.1) is 12.0 Å². The van der Waals surface area contributed by atoms with Crippen molar-refractivity contribution in [1.29, 1.82) is 0 Å². The van der Waals surface area contributed by atoms with Gasteiger partial charge in [0.2, 0.25) is 5.76 Å². The molecule has 0 aliphatic carbocycles. The Hall–Kier alpha value is -2.37. The van der Waals surface area contributed by atoms with Crippen LogP contribution in [-0.2, 0) is 0 Å². The first-order valence-electron chi connectivity index (χ1n) is 4.88. The van der Waals surface area contributed by atoms with E-state index in [1.54, 1.807) is 24.3 Å². The second-order valence-electron chi connectivity index (χ2n) is 3.43. The fraction of sp³-hybridized carbons (Fsp3) is 0.182. The molecule has 0 aliphatic rings. The monoisotopic (exact) mass is 234 g/mol. The van der Waals surface area contributed by atoms with Gasteiger partial charge in [-0.3, -0.25) is 10.1 Å². The van der Waals surface area contributed by atoms with Crippen LogP contribution in [0.1, 0.15) is 5.76 Å². The van der Waals surface area contributed by atoms with Crippen LogP contribution >= 0.6 is 0 Å². The Bertz CT molecular complexity index is 562. The molecule has 2 rings (SSSR count). The predicted octanol–water partition coefficient (Wildman–Crippen LogP) is 2.57. The lowest BCUT2D eigenvalue weighted by Gasteiger charge is -2.00. The molecule has 0 N–H and O–H groups in total. The molecule has 17 heavy (non-hydrogen) atoms. The first-order valence-corrected chi connectivity index (χ1v) is 4.88. The molecule has 0 amide bonds. The Morgan fingerprint density at radius 2 is 2.24 bits per heavy atom. The van der Waals surface area contributed by atoms with Crippen molar-refractivity contribution < 1.29 is 14.2 Å². The summed E-state index contributed by atoms with van der Waals surface area (Å²) >= 11 is 0. The molecule has 6 nitrogen and oxygen atoms in total. The molecule has 0 saturated carbocycles. The number of aromatic nitrogens is 1. The lowest BCUT2D eigenvalue weighted by atomic mass is 10.1. The van der Waals surface area contributed by atoms with Crippen molar-refractivity contribution in [2.75, 3.05) is 7.11 Å². The number of hydrogen-bond acceptors (Lipinski definition) is 5. The third-order valence-corrected chi connectivity index (χ3v) is 2.36. The molecular weight excluding hydrogens is 224 g/mol. The molecule has 0 fully saturated rings. The van der Waals surface area contributed by atoms with Crippen LogP contribution in [0.15, 0.2) is 28.8 Å². The van der Waals surface area contributed by atoms with E-state index in [2.05, 4.69) is 5.16 Å². The summed E-state index contributed by atoms with van der Waals surface area (Å²) < 4.78 is 9.91. The number of nitrogens with zero attached hydrogens (tertiary/aromatic N) is 2. The molecule has 88 valence electrons. The zero-order valence-electron chi connectivity index (χ0n) is 9.34. The van der Waals surface area contributed by atoms with Crippen molar-refractivity contribution in [1.82, 2.24) is 5.16 Å². The Morgan fingerprint density at radius 3 is 2.88 bits per heavy atom. The van der Waals surface area contributed by atoms with E-state index < -0.39 is 4.92 Å². The highest BCUT2D eigenvalue weighted by Gasteiger charge is 2.25. The number of hydrogen-bond donors (Lipinski definition) is 0. The van der Waals surface area contributed by atoms with E-state index in [9.17, 15) is 10.1 Å². The smallest absolute Gasteiger partial charge is 0.339 e. The van der Waals surface area contributed by atoms with Gasteiger partial charge < -0.3 is 9.26 Å². The third kappa shape index (κ3) is 1.96.